The molecule has 0 aromatic heterocycles. The number of para-hydroxylation sites is 2. The monoisotopic (exact) mass is 290 g/mol. The molecule has 0 heterocycles. The van der Waals surface area contributed by atoms with Crippen molar-refractivity contribution < 1.29 is 4.74 Å². The van der Waals surface area contributed by atoms with Crippen molar-refractivity contribution in [2.75, 3.05) is 25.6 Å². The summed E-state index contributed by atoms with van der Waals surface area (Å²) in [5, 5.41) is 0.727. The van der Waals surface area contributed by atoms with Gasteiger partial charge in [0.1, 0.15) is 5.75 Å². The van der Waals surface area contributed by atoms with E-state index in [1.807, 2.05) is 55.6 Å². The van der Waals surface area contributed by atoms with Crippen LogP contribution in [-0.4, -0.2) is 20.7 Å². The van der Waals surface area contributed by atoms with Crippen molar-refractivity contribution >= 4 is 17.3 Å². The summed E-state index contributed by atoms with van der Waals surface area (Å²) in [5.41, 5.74) is 7.97. The van der Waals surface area contributed by atoms with Crippen molar-refractivity contribution in [3.8, 4) is 5.75 Å². The second-order valence-corrected chi connectivity index (χ2v) is 4.96. The maximum absolute atomic E-state index is 6.29. The summed E-state index contributed by atoms with van der Waals surface area (Å²) in [6.07, 6.45) is 0. The number of anilines is 1. The second-order valence-electron chi connectivity index (χ2n) is 4.56. The van der Waals surface area contributed by atoms with Crippen LogP contribution in [0.5, 0.6) is 5.75 Å². The molecule has 106 valence electrons. The zero-order valence-corrected chi connectivity index (χ0v) is 12.5. The minimum Gasteiger partial charge on any atom is -0.495 e. The van der Waals surface area contributed by atoms with E-state index in [4.69, 9.17) is 22.1 Å². The van der Waals surface area contributed by atoms with Gasteiger partial charge in [0.25, 0.3) is 0 Å². The SMILES string of the molecule is COc1ccccc1N(C)C(CN)c1ccccc1Cl. The molecule has 0 saturated carbocycles. The first-order valence-corrected chi connectivity index (χ1v) is 6.87. The van der Waals surface area contributed by atoms with Crippen molar-refractivity contribution in [3.63, 3.8) is 0 Å². The van der Waals surface area contributed by atoms with Crippen LogP contribution in [-0.2, 0) is 0 Å². The van der Waals surface area contributed by atoms with Gasteiger partial charge in [0.05, 0.1) is 18.8 Å². The fraction of sp³-hybridized carbons (Fsp3) is 0.250. The number of rotatable bonds is 5. The van der Waals surface area contributed by atoms with Gasteiger partial charge in [0.15, 0.2) is 0 Å². The Hall–Kier alpha value is -1.71. The highest BCUT2D eigenvalue weighted by Gasteiger charge is 2.20. The summed E-state index contributed by atoms with van der Waals surface area (Å²) >= 11 is 6.29. The van der Waals surface area contributed by atoms with Crippen LogP contribution in [0.25, 0.3) is 0 Å². The van der Waals surface area contributed by atoms with Crippen molar-refractivity contribution in [1.82, 2.24) is 0 Å². The van der Waals surface area contributed by atoms with Gasteiger partial charge in [-0.05, 0) is 23.8 Å². The molecular weight excluding hydrogens is 272 g/mol. The van der Waals surface area contributed by atoms with Gasteiger partial charge in [-0.3, -0.25) is 0 Å². The Kier molecular flexibility index (Phi) is 4.88. The number of benzene rings is 2. The molecule has 0 amide bonds. The van der Waals surface area contributed by atoms with E-state index in [0.717, 1.165) is 22.0 Å². The highest BCUT2D eigenvalue weighted by molar-refractivity contribution is 6.31. The molecule has 0 aliphatic carbocycles. The lowest BCUT2D eigenvalue weighted by Crippen LogP contribution is -2.30. The van der Waals surface area contributed by atoms with Gasteiger partial charge in [0, 0.05) is 18.6 Å². The van der Waals surface area contributed by atoms with E-state index in [2.05, 4.69) is 4.90 Å². The van der Waals surface area contributed by atoms with Gasteiger partial charge < -0.3 is 15.4 Å². The summed E-state index contributed by atoms with van der Waals surface area (Å²) < 4.78 is 5.41. The third-order valence-electron chi connectivity index (χ3n) is 3.42. The van der Waals surface area contributed by atoms with Crippen LogP contribution in [0, 0.1) is 0 Å². The minimum absolute atomic E-state index is 0.000000000000000222. The molecular formula is C16H19ClN2O. The lowest BCUT2D eigenvalue weighted by Gasteiger charge is -2.31. The molecule has 0 saturated heterocycles. The average molecular weight is 291 g/mol. The van der Waals surface area contributed by atoms with Crippen LogP contribution < -0.4 is 15.4 Å². The molecule has 4 heteroatoms. The topological polar surface area (TPSA) is 38.5 Å². The fourth-order valence-corrected chi connectivity index (χ4v) is 2.59. The molecule has 2 aromatic carbocycles. The molecule has 3 nitrogen and oxygen atoms in total. The highest BCUT2D eigenvalue weighted by atomic mass is 35.5. The van der Waals surface area contributed by atoms with Gasteiger partial charge in [-0.25, -0.2) is 0 Å². The molecule has 0 radical (unpaired) electrons. The summed E-state index contributed by atoms with van der Waals surface area (Å²) in [6, 6.07) is 15.7. The molecule has 1 atom stereocenters. The van der Waals surface area contributed by atoms with Crippen LogP contribution in [0.3, 0.4) is 0 Å². The van der Waals surface area contributed by atoms with Gasteiger partial charge in [-0.1, -0.05) is 41.9 Å². The van der Waals surface area contributed by atoms with Crippen LogP contribution in [0.4, 0.5) is 5.69 Å². The number of methoxy groups -OCH3 is 1. The van der Waals surface area contributed by atoms with Gasteiger partial charge in [0.2, 0.25) is 0 Å². The first-order valence-electron chi connectivity index (χ1n) is 6.49. The molecule has 0 aliphatic heterocycles. The van der Waals surface area contributed by atoms with Gasteiger partial charge >= 0.3 is 0 Å². The number of hydrogen-bond acceptors (Lipinski definition) is 3. The summed E-state index contributed by atoms with van der Waals surface area (Å²) in [7, 11) is 3.67. The Bertz CT molecular complexity index is 574. The van der Waals surface area contributed by atoms with Crippen molar-refractivity contribution in [2.24, 2.45) is 5.73 Å². The third kappa shape index (κ3) is 2.89. The molecule has 2 N–H and O–H groups in total. The van der Waals surface area contributed by atoms with Crippen LogP contribution in [0.1, 0.15) is 11.6 Å². The summed E-state index contributed by atoms with van der Waals surface area (Å²) in [5.74, 6) is 0.820. The number of nitrogens with two attached hydrogens (primary N) is 1. The van der Waals surface area contributed by atoms with Crippen LogP contribution in [0.2, 0.25) is 5.02 Å². The Balaban J connectivity index is 2.39. The molecule has 0 spiro atoms. The first kappa shape index (κ1) is 14.7. The van der Waals surface area contributed by atoms with E-state index in [1.54, 1.807) is 7.11 Å². The average Bonchev–Trinajstić information content (AvgIpc) is 2.49. The number of hydrogen-bond donors (Lipinski definition) is 1. The molecule has 0 aliphatic rings. The standard InChI is InChI=1S/C16H19ClN2O/c1-19(14-9-5-6-10-16(14)20-2)15(11-18)12-7-3-4-8-13(12)17/h3-10,15H,11,18H2,1-2H3. The van der Waals surface area contributed by atoms with Crippen molar-refractivity contribution in [3.05, 3.63) is 59.1 Å². The van der Waals surface area contributed by atoms with E-state index >= 15 is 0 Å². The largest absolute Gasteiger partial charge is 0.495 e. The number of nitrogens with zero attached hydrogens (tertiary/aromatic N) is 1. The van der Waals surface area contributed by atoms with Crippen LogP contribution >= 0.6 is 11.6 Å². The number of likely N-dealkylation sites (N-methyl/N-ethyl adjacent to an activating group) is 1. The lowest BCUT2D eigenvalue weighted by molar-refractivity contribution is 0.413. The van der Waals surface area contributed by atoms with E-state index in [1.165, 1.54) is 0 Å². The maximum Gasteiger partial charge on any atom is 0.142 e. The predicted molar refractivity (Wildman–Crippen MR) is 84.6 cm³/mol. The Labute approximate surface area is 124 Å². The van der Waals surface area contributed by atoms with E-state index in [-0.39, 0.29) is 6.04 Å². The van der Waals surface area contributed by atoms with Crippen molar-refractivity contribution in [2.45, 2.75) is 6.04 Å². The lowest BCUT2D eigenvalue weighted by atomic mass is 10.0. The fourth-order valence-electron chi connectivity index (χ4n) is 2.33. The smallest absolute Gasteiger partial charge is 0.142 e. The molecule has 0 bridgehead atoms. The maximum atomic E-state index is 6.29. The predicted octanol–water partition coefficient (Wildman–Crippen LogP) is 3.48. The van der Waals surface area contributed by atoms with Gasteiger partial charge in [-0.15, -0.1) is 0 Å². The highest BCUT2D eigenvalue weighted by Crippen LogP contribution is 2.34. The summed E-state index contributed by atoms with van der Waals surface area (Å²) in [6.45, 7) is 0.471. The molecule has 1 unspecified atom stereocenters. The quantitative estimate of drug-likeness (QED) is 0.916. The second kappa shape index (κ2) is 6.64. The Morgan fingerprint density at radius 1 is 1.15 bits per heavy atom. The molecule has 20 heavy (non-hydrogen) atoms. The Morgan fingerprint density at radius 3 is 2.45 bits per heavy atom. The third-order valence-corrected chi connectivity index (χ3v) is 3.76. The van der Waals surface area contributed by atoms with Crippen LogP contribution in [0.15, 0.2) is 48.5 Å². The van der Waals surface area contributed by atoms with E-state index < -0.39 is 0 Å². The normalized spacial score (nSPS) is 12.0. The number of halogens is 1. The summed E-state index contributed by atoms with van der Waals surface area (Å²) in [4.78, 5) is 2.10. The van der Waals surface area contributed by atoms with Crippen molar-refractivity contribution in [1.29, 1.82) is 0 Å². The Morgan fingerprint density at radius 2 is 1.80 bits per heavy atom. The molecule has 0 fully saturated rings. The van der Waals surface area contributed by atoms with Gasteiger partial charge in [-0.2, -0.15) is 0 Å². The zero-order chi connectivity index (χ0) is 14.5. The first-order chi connectivity index (χ1) is 9.69. The zero-order valence-electron chi connectivity index (χ0n) is 11.7. The van der Waals surface area contributed by atoms with E-state index in [0.29, 0.717) is 6.54 Å². The number of ether oxygens (including phenoxy) is 1. The molecule has 2 rings (SSSR count). The molecule has 2 aromatic rings. The van der Waals surface area contributed by atoms with E-state index in [9.17, 15) is 0 Å². The minimum atomic E-state index is -0.000000000000000222.